The number of hydrogen-bond acceptors (Lipinski definition) is 2. The number of benzene rings is 9. The quantitative estimate of drug-likeness (QED) is 0.153. The summed E-state index contributed by atoms with van der Waals surface area (Å²) in [5.74, 6) is 0. The molecule has 0 atom stereocenters. The van der Waals surface area contributed by atoms with Crippen molar-refractivity contribution in [1.29, 1.82) is 0 Å². The normalized spacial score (nSPS) is 13.7. The van der Waals surface area contributed by atoms with Crippen LogP contribution < -0.4 is 26.2 Å². The first kappa shape index (κ1) is 56.5. The molecule has 82 heavy (non-hydrogen) atoms. The van der Waals surface area contributed by atoms with E-state index in [4.69, 9.17) is 0 Å². The van der Waals surface area contributed by atoms with Gasteiger partial charge in [0.1, 0.15) is 0 Å². The Labute approximate surface area is 493 Å². The Bertz CT molecular complexity index is 3480. The minimum atomic E-state index is -0.0778. The molecular weight excluding hydrogens is 988 g/mol. The Balaban J connectivity index is 1.21. The van der Waals surface area contributed by atoms with Gasteiger partial charge in [-0.05, 0) is 200 Å². The van der Waals surface area contributed by atoms with Gasteiger partial charge < -0.3 is 9.80 Å². The molecule has 3 heteroatoms. The third kappa shape index (κ3) is 10.7. The van der Waals surface area contributed by atoms with Gasteiger partial charge in [-0.25, -0.2) is 0 Å². The van der Waals surface area contributed by atoms with Crippen molar-refractivity contribution in [3.8, 4) is 44.5 Å². The van der Waals surface area contributed by atoms with Crippen LogP contribution in [0.3, 0.4) is 0 Å². The molecule has 0 radical (unpaired) electrons. The summed E-state index contributed by atoms with van der Waals surface area (Å²) in [6.45, 7) is 44.0. The summed E-state index contributed by atoms with van der Waals surface area (Å²) in [5, 5.41) is 0. The predicted molar refractivity (Wildman–Crippen MR) is 359 cm³/mol. The minimum Gasteiger partial charge on any atom is -0.311 e. The van der Waals surface area contributed by atoms with Crippen molar-refractivity contribution < 1.29 is 0 Å². The zero-order valence-corrected chi connectivity index (χ0v) is 52.8. The average molecular weight is 1080 g/mol. The van der Waals surface area contributed by atoms with Crippen LogP contribution in [0.25, 0.3) is 44.5 Å². The minimum absolute atomic E-state index is 0.0391. The van der Waals surface area contributed by atoms with Crippen LogP contribution in [0.1, 0.15) is 164 Å². The highest BCUT2D eigenvalue weighted by Crippen LogP contribution is 2.49. The molecule has 2 nitrogen and oxygen atoms in total. The molecule has 9 aromatic carbocycles. The molecule has 0 N–H and O–H groups in total. The molecule has 0 unspecified atom stereocenters. The standard InChI is InChI=1S/C79H87BN2/c1-50-40-71-73-72(41-50)82(66-46-57(53-24-32-61(33-25-53)76(8,9)10)43-58(47-66)54-26-34-62(35-27-54)77(11,12)13)70-39-37-64(79(17,18)19)49-68(70)80(73)67-48-63(78(14,15)16)36-38-69(67)81(71)65-44-55(51-20-28-59(29-21-51)74(2,3)4)42-56(45-65)52-22-30-60(31-23-52)75(5,6)7/h20-49H,1-19H3. The van der Waals surface area contributed by atoms with E-state index in [1.54, 1.807) is 0 Å². The molecule has 2 aliphatic heterocycles. The lowest BCUT2D eigenvalue weighted by Crippen LogP contribution is -2.61. The SMILES string of the molecule is Cc1cc2c3c(c1)N(c1cc(-c4ccc(C(C)(C)C)cc4)cc(-c4ccc(C(C)(C)C)cc4)c1)c1ccc(C(C)(C)C)cc1B3c1cc(C(C)(C)C)ccc1N2c1cc(-c2ccc(C(C)(C)C)cc2)cc(-c2ccc(C(C)(C)C)cc2)c1. The van der Waals surface area contributed by atoms with E-state index in [2.05, 4.69) is 323 Å². The summed E-state index contributed by atoms with van der Waals surface area (Å²) in [6.07, 6.45) is 0. The Morgan fingerprint density at radius 2 is 0.488 bits per heavy atom. The Kier molecular flexibility index (Phi) is 13.7. The highest BCUT2D eigenvalue weighted by molar-refractivity contribution is 7.00. The molecule has 0 amide bonds. The van der Waals surface area contributed by atoms with Gasteiger partial charge in [0.25, 0.3) is 6.71 Å². The molecule has 0 spiro atoms. The number of anilines is 6. The zero-order valence-electron chi connectivity index (χ0n) is 52.8. The number of nitrogens with zero attached hydrogens (tertiary/aromatic N) is 2. The highest BCUT2D eigenvalue weighted by Gasteiger charge is 2.45. The van der Waals surface area contributed by atoms with Gasteiger partial charge in [0, 0.05) is 34.1 Å². The van der Waals surface area contributed by atoms with Crippen LogP contribution in [0.5, 0.6) is 0 Å². The molecular formula is C79H87BN2. The van der Waals surface area contributed by atoms with Crippen molar-refractivity contribution in [3.05, 3.63) is 221 Å². The van der Waals surface area contributed by atoms with E-state index in [-0.39, 0.29) is 39.2 Å². The van der Waals surface area contributed by atoms with Crippen molar-refractivity contribution in [2.24, 2.45) is 0 Å². The topological polar surface area (TPSA) is 6.48 Å². The van der Waals surface area contributed by atoms with E-state index in [1.807, 2.05) is 0 Å². The van der Waals surface area contributed by atoms with Crippen molar-refractivity contribution in [1.82, 2.24) is 0 Å². The Morgan fingerprint density at radius 3 is 0.732 bits per heavy atom. The summed E-state index contributed by atoms with van der Waals surface area (Å²) >= 11 is 0. The van der Waals surface area contributed by atoms with Crippen molar-refractivity contribution in [2.45, 2.75) is 164 Å². The van der Waals surface area contributed by atoms with Gasteiger partial charge in [0.2, 0.25) is 0 Å². The molecule has 0 fully saturated rings. The van der Waals surface area contributed by atoms with E-state index >= 15 is 0 Å². The average Bonchev–Trinajstić information content (AvgIpc) is 3.57. The first-order valence-electron chi connectivity index (χ1n) is 30.1. The third-order valence-corrected chi connectivity index (χ3v) is 17.6. The van der Waals surface area contributed by atoms with Crippen LogP contribution >= 0.6 is 0 Å². The van der Waals surface area contributed by atoms with Gasteiger partial charge in [-0.3, -0.25) is 0 Å². The summed E-state index contributed by atoms with van der Waals surface area (Å²) in [6, 6.07) is 71.6. The van der Waals surface area contributed by atoms with Gasteiger partial charge in [-0.2, -0.15) is 0 Å². The largest absolute Gasteiger partial charge is 0.311 e. The lowest BCUT2D eigenvalue weighted by Gasteiger charge is -2.45. The predicted octanol–water partition coefficient (Wildman–Crippen LogP) is 20.5. The summed E-state index contributed by atoms with van der Waals surface area (Å²) in [4.78, 5) is 5.24. The van der Waals surface area contributed by atoms with Crippen LogP contribution in [0.15, 0.2) is 182 Å². The fourth-order valence-corrected chi connectivity index (χ4v) is 12.4. The molecule has 2 heterocycles. The van der Waals surface area contributed by atoms with Crippen LogP contribution in [-0.2, 0) is 32.5 Å². The van der Waals surface area contributed by atoms with Crippen LogP contribution in [0.4, 0.5) is 34.1 Å². The van der Waals surface area contributed by atoms with Crippen molar-refractivity contribution in [2.75, 3.05) is 9.80 Å². The van der Waals surface area contributed by atoms with Crippen LogP contribution in [-0.4, -0.2) is 6.71 Å². The lowest BCUT2D eigenvalue weighted by atomic mass is 9.33. The van der Waals surface area contributed by atoms with Gasteiger partial charge >= 0.3 is 0 Å². The first-order valence-corrected chi connectivity index (χ1v) is 30.1. The highest BCUT2D eigenvalue weighted by atomic mass is 15.2. The molecule has 0 aliphatic carbocycles. The summed E-state index contributed by atoms with van der Waals surface area (Å²) < 4.78 is 0. The van der Waals surface area contributed by atoms with E-state index in [1.165, 1.54) is 123 Å². The van der Waals surface area contributed by atoms with Crippen molar-refractivity contribution in [3.63, 3.8) is 0 Å². The summed E-state index contributed by atoms with van der Waals surface area (Å²) in [7, 11) is 0. The number of rotatable bonds is 6. The second kappa shape index (κ2) is 19.9. The van der Waals surface area contributed by atoms with Gasteiger partial charge in [0.15, 0.2) is 0 Å². The molecule has 0 aromatic heterocycles. The maximum atomic E-state index is 2.62. The second-order valence-corrected chi connectivity index (χ2v) is 30.2. The molecule has 0 saturated heterocycles. The van der Waals surface area contributed by atoms with Crippen molar-refractivity contribution >= 4 is 57.2 Å². The zero-order chi connectivity index (χ0) is 58.8. The number of aryl methyl sites for hydroxylation is 1. The van der Waals surface area contributed by atoms with Gasteiger partial charge in [-0.15, -0.1) is 0 Å². The monoisotopic (exact) mass is 1070 g/mol. The van der Waals surface area contributed by atoms with E-state index in [9.17, 15) is 0 Å². The van der Waals surface area contributed by atoms with E-state index in [0.29, 0.717) is 0 Å². The molecule has 2 aliphatic rings. The second-order valence-electron chi connectivity index (χ2n) is 30.2. The van der Waals surface area contributed by atoms with E-state index in [0.717, 1.165) is 11.4 Å². The Morgan fingerprint density at radius 1 is 0.244 bits per heavy atom. The van der Waals surface area contributed by atoms with Crippen LogP contribution in [0, 0.1) is 6.92 Å². The maximum absolute atomic E-state index is 2.62. The molecule has 416 valence electrons. The number of hydrogen-bond donors (Lipinski definition) is 0. The maximum Gasteiger partial charge on any atom is 0.252 e. The molecule has 9 aromatic rings. The molecule has 11 rings (SSSR count). The van der Waals surface area contributed by atoms with Gasteiger partial charge in [-0.1, -0.05) is 246 Å². The smallest absolute Gasteiger partial charge is 0.252 e. The molecule has 0 saturated carbocycles. The first-order chi connectivity index (χ1) is 38.3. The third-order valence-electron chi connectivity index (χ3n) is 17.6. The van der Waals surface area contributed by atoms with Gasteiger partial charge in [0.05, 0.1) is 0 Å². The Hall–Kier alpha value is -7.36. The lowest BCUT2D eigenvalue weighted by molar-refractivity contribution is 0.590. The van der Waals surface area contributed by atoms with E-state index < -0.39 is 0 Å². The van der Waals surface area contributed by atoms with Crippen LogP contribution in [0.2, 0.25) is 0 Å². The molecule has 0 bridgehead atoms. The fourth-order valence-electron chi connectivity index (χ4n) is 12.4. The number of fused-ring (bicyclic) bond motifs is 4. The summed E-state index contributed by atoms with van der Waals surface area (Å²) in [5.41, 5.74) is 30.0. The fraction of sp³-hybridized carbons (Fsp3) is 0.316.